The van der Waals surface area contributed by atoms with Gasteiger partial charge < -0.3 is 24.6 Å². The molecule has 3 aromatic rings. The van der Waals surface area contributed by atoms with Crippen molar-refractivity contribution in [3.63, 3.8) is 0 Å². The third-order valence-electron chi connectivity index (χ3n) is 6.13. The lowest BCUT2D eigenvalue weighted by atomic mass is 10.2. The minimum Gasteiger partial charge on any atom is -0.493 e. The molecule has 0 aromatic heterocycles. The molecule has 0 aliphatic carbocycles. The number of benzene rings is 3. The average Bonchev–Trinajstić information content (AvgIpc) is 3.41. The number of ether oxygens (including phenoxy) is 2. The quantitative estimate of drug-likeness (QED) is 0.416. The summed E-state index contributed by atoms with van der Waals surface area (Å²) in [5.74, 6) is 0.786. The number of carbonyl (C=O) groups excluding carboxylic acids is 1. The van der Waals surface area contributed by atoms with Gasteiger partial charge in [-0.3, -0.25) is 0 Å². The Labute approximate surface area is 206 Å². The molecule has 0 atom stereocenters. The molecular weight excluding hydrogens is 445 g/mol. The lowest BCUT2D eigenvalue weighted by Crippen LogP contribution is -2.40. The van der Waals surface area contributed by atoms with E-state index in [1.807, 2.05) is 48.5 Å². The van der Waals surface area contributed by atoms with Crippen molar-refractivity contribution in [1.82, 2.24) is 9.80 Å². The second-order valence-electron chi connectivity index (χ2n) is 8.64. The van der Waals surface area contributed by atoms with E-state index in [1.165, 1.54) is 18.9 Å². The largest absolute Gasteiger partial charge is 0.493 e. The van der Waals surface area contributed by atoms with E-state index in [0.717, 1.165) is 30.8 Å². The molecule has 1 aliphatic heterocycles. The molecule has 7 heteroatoms. The molecule has 1 aliphatic rings. The normalized spacial score (nSPS) is 13.4. The molecular formula is C28H32FN3O3. The van der Waals surface area contributed by atoms with Gasteiger partial charge in [-0.15, -0.1) is 0 Å². The Kier molecular flexibility index (Phi) is 8.57. The van der Waals surface area contributed by atoms with E-state index in [1.54, 1.807) is 30.2 Å². The van der Waals surface area contributed by atoms with Gasteiger partial charge >= 0.3 is 6.03 Å². The highest BCUT2D eigenvalue weighted by Gasteiger charge is 2.19. The van der Waals surface area contributed by atoms with Gasteiger partial charge in [0, 0.05) is 19.6 Å². The Hall–Kier alpha value is -3.58. The molecule has 4 rings (SSSR count). The standard InChI is InChI=1S/C28H32FN3O3/c1-34-26-14-13-23(19-27(26)35-21-22-9-3-2-4-10-22)20-32(18-17-31-15-7-8-16-31)28(33)30-25-12-6-5-11-24(25)29/h2-6,9-14,19H,7-8,15-18,20-21H2,1H3,(H,30,33). The molecule has 1 fully saturated rings. The highest BCUT2D eigenvalue weighted by molar-refractivity contribution is 5.89. The van der Waals surface area contributed by atoms with Crippen molar-refractivity contribution in [2.24, 2.45) is 0 Å². The van der Waals surface area contributed by atoms with Crippen LogP contribution in [0.5, 0.6) is 11.5 Å². The first-order valence-electron chi connectivity index (χ1n) is 12.0. The van der Waals surface area contributed by atoms with Crippen molar-refractivity contribution in [1.29, 1.82) is 0 Å². The Bertz CT molecular complexity index is 1100. The lowest BCUT2D eigenvalue weighted by molar-refractivity contribution is 0.197. The molecule has 35 heavy (non-hydrogen) atoms. The number of rotatable bonds is 10. The van der Waals surface area contributed by atoms with Crippen molar-refractivity contribution in [2.75, 3.05) is 38.6 Å². The molecule has 184 valence electrons. The van der Waals surface area contributed by atoms with Crippen LogP contribution in [0.25, 0.3) is 0 Å². The molecule has 0 unspecified atom stereocenters. The number of nitrogens with zero attached hydrogens (tertiary/aromatic N) is 2. The van der Waals surface area contributed by atoms with Crippen molar-refractivity contribution in [3.05, 3.63) is 89.7 Å². The fourth-order valence-corrected chi connectivity index (χ4v) is 4.17. The molecule has 0 bridgehead atoms. The molecule has 1 saturated heterocycles. The summed E-state index contributed by atoms with van der Waals surface area (Å²) in [7, 11) is 1.61. The summed E-state index contributed by atoms with van der Waals surface area (Å²) >= 11 is 0. The summed E-state index contributed by atoms with van der Waals surface area (Å²) < 4.78 is 25.7. The molecule has 6 nitrogen and oxygen atoms in total. The smallest absolute Gasteiger partial charge is 0.322 e. The first-order chi connectivity index (χ1) is 17.1. The summed E-state index contributed by atoms with van der Waals surface area (Å²) in [5, 5.41) is 2.73. The van der Waals surface area contributed by atoms with E-state index in [-0.39, 0.29) is 11.7 Å². The Morgan fingerprint density at radius 2 is 1.71 bits per heavy atom. The van der Waals surface area contributed by atoms with Gasteiger partial charge in [-0.25, -0.2) is 9.18 Å². The molecule has 0 radical (unpaired) electrons. The van der Waals surface area contributed by atoms with E-state index < -0.39 is 5.82 Å². The SMILES string of the molecule is COc1ccc(CN(CCN2CCCC2)C(=O)Nc2ccccc2F)cc1OCc1ccccc1. The monoisotopic (exact) mass is 477 g/mol. The Morgan fingerprint density at radius 3 is 2.46 bits per heavy atom. The second-order valence-corrected chi connectivity index (χ2v) is 8.64. The number of hydrogen-bond donors (Lipinski definition) is 1. The fraction of sp³-hybridized carbons (Fsp3) is 0.321. The summed E-state index contributed by atoms with van der Waals surface area (Å²) in [4.78, 5) is 17.2. The van der Waals surface area contributed by atoms with Crippen LogP contribution in [0.3, 0.4) is 0 Å². The minimum absolute atomic E-state index is 0.172. The Balaban J connectivity index is 1.49. The fourth-order valence-electron chi connectivity index (χ4n) is 4.17. The number of methoxy groups -OCH3 is 1. The van der Waals surface area contributed by atoms with Crippen molar-refractivity contribution < 1.29 is 18.7 Å². The van der Waals surface area contributed by atoms with E-state index in [9.17, 15) is 9.18 Å². The van der Waals surface area contributed by atoms with Crippen LogP contribution < -0.4 is 14.8 Å². The summed E-state index contributed by atoms with van der Waals surface area (Å²) in [5.41, 5.74) is 2.13. The summed E-state index contributed by atoms with van der Waals surface area (Å²) in [6, 6.07) is 21.5. The van der Waals surface area contributed by atoms with Gasteiger partial charge in [0.2, 0.25) is 0 Å². The number of urea groups is 1. The van der Waals surface area contributed by atoms with Crippen LogP contribution >= 0.6 is 0 Å². The molecule has 1 N–H and O–H groups in total. The number of amides is 2. The van der Waals surface area contributed by atoms with Crippen LogP contribution in [0.15, 0.2) is 72.8 Å². The van der Waals surface area contributed by atoms with Crippen LogP contribution in [0.4, 0.5) is 14.9 Å². The molecule has 1 heterocycles. The zero-order valence-corrected chi connectivity index (χ0v) is 20.1. The first kappa shape index (κ1) is 24.5. The zero-order valence-electron chi connectivity index (χ0n) is 20.1. The number of nitrogens with one attached hydrogen (secondary N) is 1. The number of carbonyl (C=O) groups is 1. The number of para-hydroxylation sites is 1. The van der Waals surface area contributed by atoms with Crippen LogP contribution in [-0.2, 0) is 13.2 Å². The van der Waals surface area contributed by atoms with Gasteiger partial charge in [0.15, 0.2) is 11.5 Å². The number of hydrogen-bond acceptors (Lipinski definition) is 4. The second kappa shape index (κ2) is 12.2. The van der Waals surface area contributed by atoms with E-state index >= 15 is 0 Å². The highest BCUT2D eigenvalue weighted by atomic mass is 19.1. The van der Waals surface area contributed by atoms with Gasteiger partial charge in [0.05, 0.1) is 12.8 Å². The van der Waals surface area contributed by atoms with E-state index in [0.29, 0.717) is 31.2 Å². The van der Waals surface area contributed by atoms with Crippen LogP contribution in [-0.4, -0.2) is 49.1 Å². The predicted molar refractivity (Wildman–Crippen MR) is 135 cm³/mol. The van der Waals surface area contributed by atoms with Gasteiger partial charge in [-0.05, 0) is 61.3 Å². The predicted octanol–water partition coefficient (Wildman–Crippen LogP) is 5.54. The summed E-state index contributed by atoms with van der Waals surface area (Å²) in [6.07, 6.45) is 2.37. The van der Waals surface area contributed by atoms with Gasteiger partial charge in [0.25, 0.3) is 0 Å². The van der Waals surface area contributed by atoms with Crippen molar-refractivity contribution >= 4 is 11.7 Å². The zero-order chi connectivity index (χ0) is 24.5. The van der Waals surface area contributed by atoms with Gasteiger partial charge in [-0.1, -0.05) is 48.5 Å². The molecule has 2 amide bonds. The third kappa shape index (κ3) is 6.96. The van der Waals surface area contributed by atoms with Crippen molar-refractivity contribution in [2.45, 2.75) is 26.0 Å². The maximum Gasteiger partial charge on any atom is 0.322 e. The number of halogens is 1. The maximum atomic E-state index is 14.2. The number of likely N-dealkylation sites (tertiary alicyclic amines) is 1. The van der Waals surface area contributed by atoms with Gasteiger partial charge in [-0.2, -0.15) is 0 Å². The van der Waals surface area contributed by atoms with Crippen molar-refractivity contribution in [3.8, 4) is 11.5 Å². The first-order valence-corrected chi connectivity index (χ1v) is 12.0. The van der Waals surface area contributed by atoms with E-state index in [2.05, 4.69) is 10.2 Å². The highest BCUT2D eigenvalue weighted by Crippen LogP contribution is 2.29. The topological polar surface area (TPSA) is 54.0 Å². The third-order valence-corrected chi connectivity index (χ3v) is 6.13. The van der Waals surface area contributed by atoms with E-state index in [4.69, 9.17) is 9.47 Å². The minimum atomic E-state index is -0.457. The van der Waals surface area contributed by atoms with Gasteiger partial charge in [0.1, 0.15) is 12.4 Å². The lowest BCUT2D eigenvalue weighted by Gasteiger charge is -2.26. The maximum absolute atomic E-state index is 14.2. The molecule has 3 aromatic carbocycles. The molecule has 0 spiro atoms. The van der Waals surface area contributed by atoms with Crippen LogP contribution in [0, 0.1) is 5.82 Å². The average molecular weight is 478 g/mol. The Morgan fingerprint density at radius 1 is 0.971 bits per heavy atom. The molecule has 0 saturated carbocycles. The number of anilines is 1. The van der Waals surface area contributed by atoms with Crippen LogP contribution in [0.1, 0.15) is 24.0 Å². The summed E-state index contributed by atoms with van der Waals surface area (Å²) in [6.45, 7) is 4.17. The van der Waals surface area contributed by atoms with Crippen LogP contribution in [0.2, 0.25) is 0 Å².